The molecule has 3 rings (SSSR count). The van der Waals surface area contributed by atoms with E-state index in [-0.39, 0.29) is 30.3 Å². The van der Waals surface area contributed by atoms with Crippen molar-refractivity contribution in [2.24, 2.45) is 0 Å². The Kier molecular flexibility index (Phi) is 4.09. The van der Waals surface area contributed by atoms with Crippen LogP contribution in [0.5, 0.6) is 0 Å². The lowest BCUT2D eigenvalue weighted by Crippen LogP contribution is -2.33. The third kappa shape index (κ3) is 2.77. The van der Waals surface area contributed by atoms with Crippen molar-refractivity contribution in [3.05, 3.63) is 41.5 Å². The van der Waals surface area contributed by atoms with Crippen molar-refractivity contribution in [3.63, 3.8) is 0 Å². The maximum Gasteiger partial charge on any atom is 0.332 e. The van der Waals surface area contributed by atoms with E-state index in [0.717, 1.165) is 10.5 Å². The topological polar surface area (TPSA) is 79.5 Å². The van der Waals surface area contributed by atoms with E-state index < -0.39 is 6.04 Å². The van der Waals surface area contributed by atoms with E-state index in [0.29, 0.717) is 11.5 Å². The van der Waals surface area contributed by atoms with Gasteiger partial charge in [0, 0.05) is 11.6 Å². The summed E-state index contributed by atoms with van der Waals surface area (Å²) in [6, 6.07) is 6.56. The van der Waals surface area contributed by atoms with Crippen molar-refractivity contribution in [2.45, 2.75) is 46.2 Å². The molecule has 126 valence electrons. The molecule has 1 saturated heterocycles. The van der Waals surface area contributed by atoms with Crippen LogP contribution in [0.3, 0.4) is 0 Å². The summed E-state index contributed by atoms with van der Waals surface area (Å²) < 4.78 is 5.15. The number of urea groups is 1. The van der Waals surface area contributed by atoms with Crippen LogP contribution >= 0.6 is 0 Å². The van der Waals surface area contributed by atoms with E-state index in [9.17, 15) is 9.59 Å². The van der Waals surface area contributed by atoms with Crippen molar-refractivity contribution < 1.29 is 14.1 Å². The third-order valence-electron chi connectivity index (χ3n) is 4.05. The highest BCUT2D eigenvalue weighted by Crippen LogP contribution is 2.27. The van der Waals surface area contributed by atoms with E-state index >= 15 is 0 Å². The van der Waals surface area contributed by atoms with Crippen molar-refractivity contribution in [1.82, 2.24) is 15.0 Å². The minimum Gasteiger partial charge on any atom is -0.337 e. The number of hydrogen-bond acceptors (Lipinski definition) is 5. The molecule has 2 aromatic rings. The molecule has 0 aliphatic carbocycles. The fraction of sp³-hybridized carbons (Fsp3) is 0.412. The van der Waals surface area contributed by atoms with Crippen LogP contribution in [0.4, 0.5) is 10.5 Å². The van der Waals surface area contributed by atoms with Gasteiger partial charge in [-0.05, 0) is 26.0 Å². The molecule has 1 atom stereocenters. The maximum atomic E-state index is 12.7. The highest BCUT2D eigenvalue weighted by Gasteiger charge is 2.43. The van der Waals surface area contributed by atoms with E-state index in [2.05, 4.69) is 10.1 Å². The highest BCUT2D eigenvalue weighted by atomic mass is 16.5. The van der Waals surface area contributed by atoms with Crippen molar-refractivity contribution in [3.8, 4) is 0 Å². The molecule has 1 aliphatic heterocycles. The second-order valence-electron chi connectivity index (χ2n) is 6.29. The molecule has 7 heteroatoms. The molecule has 3 amide bonds. The number of amides is 3. The summed E-state index contributed by atoms with van der Waals surface area (Å²) >= 11 is 0. The lowest BCUT2D eigenvalue weighted by molar-refractivity contribution is -0.127. The van der Waals surface area contributed by atoms with Crippen LogP contribution in [0.1, 0.15) is 44.0 Å². The largest absolute Gasteiger partial charge is 0.337 e. The fourth-order valence-electron chi connectivity index (χ4n) is 2.61. The summed E-state index contributed by atoms with van der Waals surface area (Å²) in [6.07, 6.45) is 0. The Balaban J connectivity index is 1.83. The van der Waals surface area contributed by atoms with Crippen LogP contribution in [-0.2, 0) is 11.3 Å². The number of carbonyl (C=O) groups is 2. The molecule has 7 nitrogen and oxygen atoms in total. The monoisotopic (exact) mass is 328 g/mol. The van der Waals surface area contributed by atoms with E-state index in [1.807, 2.05) is 45.0 Å². The van der Waals surface area contributed by atoms with Gasteiger partial charge in [0.2, 0.25) is 5.89 Å². The molecule has 1 aromatic carbocycles. The zero-order valence-corrected chi connectivity index (χ0v) is 14.2. The van der Waals surface area contributed by atoms with Gasteiger partial charge < -0.3 is 4.52 Å². The number of aryl methyl sites for hydroxylation is 1. The van der Waals surface area contributed by atoms with Gasteiger partial charge in [0.1, 0.15) is 12.6 Å². The molecule has 0 bridgehead atoms. The van der Waals surface area contributed by atoms with Gasteiger partial charge in [-0.25, -0.2) is 4.79 Å². The summed E-state index contributed by atoms with van der Waals surface area (Å²) in [7, 11) is 0. The smallest absolute Gasteiger partial charge is 0.332 e. The SMILES string of the molecule is Cc1ccc(N2C(=O)N(Cc3nc(C(C)C)no3)C(=O)[C@H]2C)cc1. The number of anilines is 1. The predicted molar refractivity (Wildman–Crippen MR) is 87.5 cm³/mol. The molecule has 2 heterocycles. The zero-order valence-electron chi connectivity index (χ0n) is 14.2. The molecule has 1 aliphatic rings. The van der Waals surface area contributed by atoms with Gasteiger partial charge in [0.25, 0.3) is 5.91 Å². The quantitative estimate of drug-likeness (QED) is 0.806. The first-order valence-corrected chi connectivity index (χ1v) is 7.92. The molecule has 0 N–H and O–H groups in total. The standard InChI is InChI=1S/C17H20N4O3/c1-10(2)15-18-14(24-19-15)9-20-16(22)12(4)21(17(20)23)13-7-5-11(3)6-8-13/h5-8,10,12H,9H2,1-4H3/t12-/m1/s1. The zero-order chi connectivity index (χ0) is 17.4. The number of carbonyl (C=O) groups excluding carboxylic acids is 2. The van der Waals surface area contributed by atoms with E-state index in [4.69, 9.17) is 4.52 Å². The Bertz CT molecular complexity index is 766. The minimum atomic E-state index is -0.562. The molecule has 24 heavy (non-hydrogen) atoms. The summed E-state index contributed by atoms with van der Waals surface area (Å²) in [5.41, 5.74) is 1.79. The summed E-state index contributed by atoms with van der Waals surface area (Å²) in [5, 5.41) is 3.86. The van der Waals surface area contributed by atoms with Crippen LogP contribution < -0.4 is 4.90 Å². The van der Waals surface area contributed by atoms with Crippen molar-refractivity contribution in [1.29, 1.82) is 0 Å². The maximum absolute atomic E-state index is 12.7. The van der Waals surface area contributed by atoms with Gasteiger partial charge in [-0.2, -0.15) is 4.98 Å². The molecule has 0 radical (unpaired) electrons. The number of imide groups is 1. The van der Waals surface area contributed by atoms with E-state index in [1.165, 1.54) is 4.90 Å². The molecular formula is C17H20N4O3. The molecule has 0 unspecified atom stereocenters. The van der Waals surface area contributed by atoms with Crippen LogP contribution in [-0.4, -0.2) is 33.0 Å². The Morgan fingerprint density at radius 3 is 2.46 bits per heavy atom. The van der Waals surface area contributed by atoms with Gasteiger partial charge in [-0.15, -0.1) is 0 Å². The highest BCUT2D eigenvalue weighted by molar-refractivity contribution is 6.13. The molecule has 0 spiro atoms. The van der Waals surface area contributed by atoms with Gasteiger partial charge >= 0.3 is 6.03 Å². The first-order valence-electron chi connectivity index (χ1n) is 7.92. The fourth-order valence-corrected chi connectivity index (χ4v) is 2.61. The van der Waals surface area contributed by atoms with Gasteiger partial charge in [0.15, 0.2) is 5.82 Å². The number of rotatable bonds is 4. The molecule has 1 fully saturated rings. The first-order chi connectivity index (χ1) is 11.4. The minimum absolute atomic E-state index is 0.00983. The second kappa shape index (κ2) is 6.07. The molecule has 0 saturated carbocycles. The number of nitrogens with zero attached hydrogens (tertiary/aromatic N) is 4. The summed E-state index contributed by atoms with van der Waals surface area (Å²) in [5.74, 6) is 0.672. The average Bonchev–Trinajstić information content (AvgIpc) is 3.09. The Hall–Kier alpha value is -2.70. The van der Waals surface area contributed by atoms with Gasteiger partial charge in [-0.1, -0.05) is 36.7 Å². The normalized spacial score (nSPS) is 18.1. The summed E-state index contributed by atoms with van der Waals surface area (Å²) in [6.45, 7) is 7.57. The molecular weight excluding hydrogens is 308 g/mol. The Labute approximate surface area is 140 Å². The Morgan fingerprint density at radius 1 is 1.21 bits per heavy atom. The predicted octanol–water partition coefficient (Wildman–Crippen LogP) is 2.86. The van der Waals surface area contributed by atoms with E-state index in [1.54, 1.807) is 6.92 Å². The second-order valence-corrected chi connectivity index (χ2v) is 6.29. The van der Waals surface area contributed by atoms with Crippen molar-refractivity contribution in [2.75, 3.05) is 4.90 Å². The number of aromatic nitrogens is 2. The molecule has 1 aromatic heterocycles. The number of benzene rings is 1. The van der Waals surface area contributed by atoms with Crippen LogP contribution in [0.2, 0.25) is 0 Å². The Morgan fingerprint density at radius 2 is 1.88 bits per heavy atom. The lowest BCUT2D eigenvalue weighted by Gasteiger charge is -2.19. The first kappa shape index (κ1) is 16.2. The third-order valence-corrected chi connectivity index (χ3v) is 4.05. The number of hydrogen-bond donors (Lipinski definition) is 0. The average molecular weight is 328 g/mol. The van der Waals surface area contributed by atoms with Crippen LogP contribution in [0.15, 0.2) is 28.8 Å². The van der Waals surface area contributed by atoms with Gasteiger partial charge in [0.05, 0.1) is 0 Å². The van der Waals surface area contributed by atoms with Crippen LogP contribution in [0.25, 0.3) is 0 Å². The van der Waals surface area contributed by atoms with Crippen LogP contribution in [0, 0.1) is 6.92 Å². The summed E-state index contributed by atoms with van der Waals surface area (Å²) in [4.78, 5) is 32.1. The lowest BCUT2D eigenvalue weighted by atomic mass is 10.2. The van der Waals surface area contributed by atoms with Gasteiger partial charge in [-0.3, -0.25) is 14.6 Å². The van der Waals surface area contributed by atoms with Crippen molar-refractivity contribution >= 4 is 17.6 Å².